The number of fused-ring (bicyclic) bond motifs is 1. The fourth-order valence-electron chi connectivity index (χ4n) is 2.25. The third-order valence-electron chi connectivity index (χ3n) is 3.30. The number of hydrogen-bond acceptors (Lipinski definition) is 2. The van der Waals surface area contributed by atoms with Gasteiger partial charge in [-0.25, -0.2) is 4.98 Å². The second-order valence-electron chi connectivity index (χ2n) is 4.98. The zero-order valence-corrected chi connectivity index (χ0v) is 13.3. The van der Waals surface area contributed by atoms with Crippen LogP contribution in [-0.2, 0) is 11.2 Å². The van der Waals surface area contributed by atoms with Crippen molar-refractivity contribution < 1.29 is 4.79 Å². The first-order valence-electron chi connectivity index (χ1n) is 6.71. The van der Waals surface area contributed by atoms with Gasteiger partial charge in [-0.15, -0.1) is 0 Å². The van der Waals surface area contributed by atoms with Gasteiger partial charge in [-0.05, 0) is 30.7 Å². The molecule has 0 unspecified atom stereocenters. The van der Waals surface area contributed by atoms with E-state index in [2.05, 4.69) is 10.3 Å². The normalized spacial score (nSPS) is 10.9. The summed E-state index contributed by atoms with van der Waals surface area (Å²) in [6.07, 6.45) is 3.90. The molecule has 1 amide bonds. The fourth-order valence-corrected chi connectivity index (χ4v) is 2.75. The van der Waals surface area contributed by atoms with Crippen molar-refractivity contribution >= 4 is 40.4 Å². The maximum Gasteiger partial charge on any atom is 0.230 e. The summed E-state index contributed by atoms with van der Waals surface area (Å²) in [5.74, 6) is -0.212. The lowest BCUT2D eigenvalue weighted by molar-refractivity contribution is -0.115. The molecule has 0 saturated heterocycles. The number of pyridine rings is 1. The van der Waals surface area contributed by atoms with Crippen LogP contribution in [0.4, 0.5) is 5.69 Å². The molecule has 0 bridgehead atoms. The van der Waals surface area contributed by atoms with Crippen LogP contribution in [0, 0.1) is 6.92 Å². The van der Waals surface area contributed by atoms with Crippen molar-refractivity contribution in [3.8, 4) is 0 Å². The lowest BCUT2D eigenvalue weighted by atomic mass is 10.2. The molecule has 6 heteroatoms. The summed E-state index contributed by atoms with van der Waals surface area (Å²) in [4.78, 5) is 16.6. The number of anilines is 1. The van der Waals surface area contributed by atoms with Crippen LogP contribution < -0.4 is 5.32 Å². The molecule has 0 aliphatic rings. The number of nitrogens with one attached hydrogen (secondary N) is 1. The molecule has 1 aromatic carbocycles. The van der Waals surface area contributed by atoms with Crippen LogP contribution in [-0.4, -0.2) is 15.3 Å². The van der Waals surface area contributed by atoms with Gasteiger partial charge < -0.3 is 9.72 Å². The average molecular weight is 334 g/mol. The lowest BCUT2D eigenvalue weighted by Crippen LogP contribution is -2.15. The molecule has 3 rings (SSSR count). The van der Waals surface area contributed by atoms with Gasteiger partial charge in [0.2, 0.25) is 5.91 Å². The van der Waals surface area contributed by atoms with E-state index in [-0.39, 0.29) is 12.3 Å². The first-order valence-corrected chi connectivity index (χ1v) is 7.47. The van der Waals surface area contributed by atoms with Gasteiger partial charge in [-0.1, -0.05) is 35.3 Å². The number of aromatic nitrogens is 2. The zero-order valence-electron chi connectivity index (χ0n) is 11.8. The van der Waals surface area contributed by atoms with Gasteiger partial charge in [-0.3, -0.25) is 4.79 Å². The minimum atomic E-state index is -0.212. The summed E-state index contributed by atoms with van der Waals surface area (Å²) in [5, 5.41) is 3.55. The van der Waals surface area contributed by atoms with E-state index in [4.69, 9.17) is 23.2 Å². The van der Waals surface area contributed by atoms with Crippen molar-refractivity contribution in [2.45, 2.75) is 13.3 Å². The first-order chi connectivity index (χ1) is 10.5. The Morgan fingerprint density at radius 2 is 1.95 bits per heavy atom. The predicted octanol–water partition coefficient (Wildman–Crippen LogP) is 4.13. The summed E-state index contributed by atoms with van der Waals surface area (Å²) in [6, 6.07) is 9.01. The van der Waals surface area contributed by atoms with Crippen molar-refractivity contribution in [2.24, 2.45) is 0 Å². The first kappa shape index (κ1) is 14.9. The quantitative estimate of drug-likeness (QED) is 0.783. The maximum atomic E-state index is 12.2. The SMILES string of the molecule is Cc1cccn2cc(CC(=O)Nc3c(Cl)cccc3Cl)nc12. The van der Waals surface area contributed by atoms with Crippen LogP contribution in [0.25, 0.3) is 5.65 Å². The van der Waals surface area contributed by atoms with E-state index in [9.17, 15) is 4.79 Å². The Hall–Kier alpha value is -2.04. The second-order valence-corrected chi connectivity index (χ2v) is 5.79. The summed E-state index contributed by atoms with van der Waals surface area (Å²) in [5.41, 5.74) is 3.02. The van der Waals surface area contributed by atoms with Gasteiger partial charge in [0.15, 0.2) is 0 Å². The number of carbonyl (C=O) groups is 1. The number of amides is 1. The van der Waals surface area contributed by atoms with Crippen LogP contribution in [0.3, 0.4) is 0 Å². The number of nitrogens with zero attached hydrogens (tertiary/aromatic N) is 2. The van der Waals surface area contributed by atoms with E-state index >= 15 is 0 Å². The van der Waals surface area contributed by atoms with Gasteiger partial charge in [0.05, 0.1) is 27.8 Å². The molecule has 0 aliphatic carbocycles. The van der Waals surface area contributed by atoms with Crippen molar-refractivity contribution in [3.05, 3.63) is 64.0 Å². The van der Waals surface area contributed by atoms with Gasteiger partial charge in [0.1, 0.15) is 5.65 Å². The van der Waals surface area contributed by atoms with Crippen LogP contribution in [0.1, 0.15) is 11.3 Å². The highest BCUT2D eigenvalue weighted by Crippen LogP contribution is 2.29. The molecule has 0 spiro atoms. The monoisotopic (exact) mass is 333 g/mol. The van der Waals surface area contributed by atoms with Crippen LogP contribution in [0.15, 0.2) is 42.7 Å². The van der Waals surface area contributed by atoms with Gasteiger partial charge >= 0.3 is 0 Å². The summed E-state index contributed by atoms with van der Waals surface area (Å²) < 4.78 is 1.90. The standard InChI is InChI=1S/C16H13Cl2N3O/c1-10-4-3-7-21-9-11(19-16(10)21)8-14(22)20-15-12(17)5-2-6-13(15)18/h2-7,9H,8H2,1H3,(H,20,22). The Bertz CT molecular complexity index is 837. The predicted molar refractivity (Wildman–Crippen MR) is 88.7 cm³/mol. The van der Waals surface area contributed by atoms with Crippen molar-refractivity contribution in [2.75, 3.05) is 5.32 Å². The van der Waals surface area contributed by atoms with E-state index in [0.717, 1.165) is 11.2 Å². The van der Waals surface area contributed by atoms with Crippen LogP contribution in [0.2, 0.25) is 10.0 Å². The number of imidazole rings is 1. The summed E-state index contributed by atoms with van der Waals surface area (Å²) in [6.45, 7) is 1.98. The molecule has 3 aromatic rings. The van der Waals surface area contributed by atoms with Crippen molar-refractivity contribution in [1.29, 1.82) is 0 Å². The second kappa shape index (κ2) is 5.99. The lowest BCUT2D eigenvalue weighted by Gasteiger charge is -2.08. The molecule has 0 fully saturated rings. The molecule has 0 radical (unpaired) electrons. The molecule has 112 valence electrons. The third-order valence-corrected chi connectivity index (χ3v) is 3.93. The number of rotatable bonds is 3. The molecule has 0 saturated carbocycles. The smallest absolute Gasteiger partial charge is 0.230 e. The molecule has 22 heavy (non-hydrogen) atoms. The highest BCUT2D eigenvalue weighted by molar-refractivity contribution is 6.39. The Labute approximate surface area is 137 Å². The molecule has 2 heterocycles. The highest BCUT2D eigenvalue weighted by Gasteiger charge is 2.12. The molecular weight excluding hydrogens is 321 g/mol. The zero-order chi connectivity index (χ0) is 15.7. The van der Waals surface area contributed by atoms with E-state index < -0.39 is 0 Å². The van der Waals surface area contributed by atoms with Gasteiger partial charge in [0.25, 0.3) is 0 Å². The van der Waals surface area contributed by atoms with Crippen LogP contribution in [0.5, 0.6) is 0 Å². The maximum absolute atomic E-state index is 12.2. The molecule has 4 nitrogen and oxygen atoms in total. The minimum Gasteiger partial charge on any atom is -0.323 e. The Balaban J connectivity index is 1.80. The number of hydrogen-bond donors (Lipinski definition) is 1. The number of halogens is 2. The average Bonchev–Trinajstić information content (AvgIpc) is 2.87. The van der Waals surface area contributed by atoms with Crippen molar-refractivity contribution in [1.82, 2.24) is 9.38 Å². The largest absolute Gasteiger partial charge is 0.323 e. The number of benzene rings is 1. The van der Waals surface area contributed by atoms with Crippen molar-refractivity contribution in [3.63, 3.8) is 0 Å². The Kier molecular flexibility index (Phi) is 4.05. The third kappa shape index (κ3) is 2.93. The molecule has 2 aromatic heterocycles. The number of carbonyl (C=O) groups excluding carboxylic acids is 1. The molecule has 0 atom stereocenters. The Morgan fingerprint density at radius 1 is 1.23 bits per heavy atom. The Morgan fingerprint density at radius 3 is 2.64 bits per heavy atom. The molecule has 1 N–H and O–H groups in total. The number of para-hydroxylation sites is 1. The topological polar surface area (TPSA) is 46.4 Å². The molecular formula is C16H13Cl2N3O. The minimum absolute atomic E-state index is 0.155. The van der Waals surface area contributed by atoms with E-state index in [0.29, 0.717) is 21.4 Å². The van der Waals surface area contributed by atoms with Crippen LogP contribution >= 0.6 is 23.2 Å². The fraction of sp³-hybridized carbons (Fsp3) is 0.125. The summed E-state index contributed by atoms with van der Waals surface area (Å²) in [7, 11) is 0. The van der Waals surface area contributed by atoms with Gasteiger partial charge in [0, 0.05) is 12.4 Å². The van der Waals surface area contributed by atoms with E-state index in [1.165, 1.54) is 0 Å². The summed E-state index contributed by atoms with van der Waals surface area (Å²) >= 11 is 12.1. The van der Waals surface area contributed by atoms with E-state index in [1.807, 2.05) is 35.9 Å². The molecule has 0 aliphatic heterocycles. The number of aryl methyl sites for hydroxylation is 1. The van der Waals surface area contributed by atoms with E-state index in [1.54, 1.807) is 18.2 Å². The van der Waals surface area contributed by atoms with Gasteiger partial charge in [-0.2, -0.15) is 0 Å². The highest BCUT2D eigenvalue weighted by atomic mass is 35.5.